The molecule has 0 bridgehead atoms. The van der Waals surface area contributed by atoms with Gasteiger partial charge in [-0.25, -0.2) is 4.98 Å². The van der Waals surface area contributed by atoms with E-state index in [1.165, 1.54) is 0 Å². The van der Waals surface area contributed by atoms with Crippen molar-refractivity contribution in [1.29, 1.82) is 0 Å². The molecular weight excluding hydrogens is 228 g/mol. The van der Waals surface area contributed by atoms with Crippen molar-refractivity contribution in [2.75, 3.05) is 5.32 Å². The highest BCUT2D eigenvalue weighted by atomic mass is 16.2. The molecule has 1 aliphatic rings. The second-order valence-electron chi connectivity index (χ2n) is 5.08. The number of hydrogen-bond acceptors (Lipinski definition) is 3. The summed E-state index contributed by atoms with van der Waals surface area (Å²) in [7, 11) is 0. The summed E-state index contributed by atoms with van der Waals surface area (Å²) in [5.74, 6) is 0.864. The molecule has 1 N–H and O–H groups in total. The minimum atomic E-state index is -0.0780. The summed E-state index contributed by atoms with van der Waals surface area (Å²) in [6.45, 7) is 3.91. The molecule has 1 saturated carbocycles. The third-order valence-electron chi connectivity index (χ3n) is 3.47. The molecule has 0 spiro atoms. The normalized spacial score (nSPS) is 23.8. The Labute approximate surface area is 107 Å². The second kappa shape index (κ2) is 5.29. The van der Waals surface area contributed by atoms with Gasteiger partial charge in [-0.15, -0.1) is 0 Å². The summed E-state index contributed by atoms with van der Waals surface area (Å²) in [6, 6.07) is 3.71. The van der Waals surface area contributed by atoms with E-state index >= 15 is 0 Å². The van der Waals surface area contributed by atoms with Crippen LogP contribution >= 0.6 is 0 Å². The van der Waals surface area contributed by atoms with E-state index < -0.39 is 0 Å². The van der Waals surface area contributed by atoms with Gasteiger partial charge in [0.1, 0.15) is 11.6 Å². The molecule has 96 valence electrons. The highest BCUT2D eigenvalue weighted by Gasteiger charge is 2.31. The Morgan fingerprint density at radius 2 is 2.22 bits per heavy atom. The Bertz CT molecular complexity index is 453. The van der Waals surface area contributed by atoms with E-state index in [9.17, 15) is 9.59 Å². The molecule has 4 nitrogen and oxygen atoms in total. The van der Waals surface area contributed by atoms with Crippen molar-refractivity contribution in [1.82, 2.24) is 4.98 Å². The average molecular weight is 246 g/mol. The van der Waals surface area contributed by atoms with Crippen molar-refractivity contribution in [2.45, 2.75) is 33.1 Å². The summed E-state index contributed by atoms with van der Waals surface area (Å²) in [6.07, 6.45) is 3.41. The first-order chi connectivity index (χ1) is 8.56. The Kier molecular flexibility index (Phi) is 3.75. The number of carbonyl (C=O) groups is 2. The molecule has 1 fully saturated rings. The van der Waals surface area contributed by atoms with Gasteiger partial charge in [-0.1, -0.05) is 13.0 Å². The number of nitrogens with one attached hydrogen (secondary N) is 1. The molecule has 0 unspecified atom stereocenters. The smallest absolute Gasteiger partial charge is 0.228 e. The van der Waals surface area contributed by atoms with Crippen LogP contribution in [0.2, 0.25) is 0 Å². The highest BCUT2D eigenvalue weighted by molar-refractivity contribution is 5.93. The SMILES string of the molecule is Cc1ccc(NC(=O)[C@H]2CCC(=O)C[C@H]2C)nc1. The van der Waals surface area contributed by atoms with Crippen molar-refractivity contribution >= 4 is 17.5 Å². The maximum atomic E-state index is 12.1. The van der Waals surface area contributed by atoms with Gasteiger partial charge in [0.05, 0.1) is 0 Å². The molecule has 18 heavy (non-hydrogen) atoms. The van der Waals surface area contributed by atoms with Gasteiger partial charge in [-0.2, -0.15) is 0 Å². The van der Waals surface area contributed by atoms with Crippen LogP contribution in [0, 0.1) is 18.8 Å². The molecule has 1 aromatic rings. The molecule has 1 amide bonds. The third-order valence-corrected chi connectivity index (χ3v) is 3.47. The van der Waals surface area contributed by atoms with Gasteiger partial charge >= 0.3 is 0 Å². The van der Waals surface area contributed by atoms with E-state index in [-0.39, 0.29) is 23.5 Å². The van der Waals surface area contributed by atoms with Crippen molar-refractivity contribution in [3.8, 4) is 0 Å². The molecule has 1 heterocycles. The van der Waals surface area contributed by atoms with E-state index in [2.05, 4.69) is 10.3 Å². The van der Waals surface area contributed by atoms with Crippen molar-refractivity contribution < 1.29 is 9.59 Å². The van der Waals surface area contributed by atoms with Gasteiger partial charge in [0, 0.05) is 25.0 Å². The lowest BCUT2D eigenvalue weighted by molar-refractivity contribution is -0.127. The van der Waals surface area contributed by atoms with Crippen molar-refractivity contribution in [2.24, 2.45) is 11.8 Å². The van der Waals surface area contributed by atoms with Crippen LogP contribution in [0.4, 0.5) is 5.82 Å². The zero-order chi connectivity index (χ0) is 13.1. The molecular formula is C14H18N2O2. The van der Waals surface area contributed by atoms with Crippen LogP contribution in [0.15, 0.2) is 18.3 Å². The molecule has 0 aromatic carbocycles. The van der Waals surface area contributed by atoms with Crippen LogP contribution in [-0.4, -0.2) is 16.7 Å². The fraction of sp³-hybridized carbons (Fsp3) is 0.500. The zero-order valence-electron chi connectivity index (χ0n) is 10.8. The van der Waals surface area contributed by atoms with Crippen LogP contribution in [0.1, 0.15) is 31.7 Å². The number of pyridine rings is 1. The molecule has 2 atom stereocenters. The minimum absolute atomic E-state index is 0.0219. The minimum Gasteiger partial charge on any atom is -0.310 e. The first kappa shape index (κ1) is 12.7. The molecule has 1 aromatic heterocycles. The third kappa shape index (κ3) is 2.94. The summed E-state index contributed by atoms with van der Waals surface area (Å²) >= 11 is 0. The number of aryl methyl sites for hydroxylation is 1. The topological polar surface area (TPSA) is 59.1 Å². The lowest BCUT2D eigenvalue weighted by Gasteiger charge is -2.26. The molecule has 0 saturated heterocycles. The standard InChI is InChI=1S/C14H18N2O2/c1-9-3-6-13(15-8-9)16-14(18)12-5-4-11(17)7-10(12)2/h3,6,8,10,12H,4-5,7H2,1-2H3,(H,15,16,18)/t10-,12+/m1/s1. The summed E-state index contributed by atoms with van der Waals surface area (Å²) in [5, 5.41) is 2.82. The quantitative estimate of drug-likeness (QED) is 0.871. The lowest BCUT2D eigenvalue weighted by Crippen LogP contribution is -2.33. The fourth-order valence-electron chi connectivity index (χ4n) is 2.35. The fourth-order valence-corrected chi connectivity index (χ4v) is 2.35. The van der Waals surface area contributed by atoms with Crippen LogP contribution in [0.5, 0.6) is 0 Å². The monoisotopic (exact) mass is 246 g/mol. The zero-order valence-corrected chi connectivity index (χ0v) is 10.8. The van der Waals surface area contributed by atoms with Gasteiger partial charge in [0.25, 0.3) is 0 Å². The largest absolute Gasteiger partial charge is 0.310 e. The van der Waals surface area contributed by atoms with Crippen LogP contribution in [-0.2, 0) is 9.59 Å². The maximum absolute atomic E-state index is 12.1. The van der Waals surface area contributed by atoms with Crippen molar-refractivity contribution in [3.05, 3.63) is 23.9 Å². The van der Waals surface area contributed by atoms with Gasteiger partial charge in [-0.05, 0) is 30.9 Å². The molecule has 1 aliphatic carbocycles. The van der Waals surface area contributed by atoms with E-state index in [1.807, 2.05) is 19.9 Å². The van der Waals surface area contributed by atoms with E-state index in [0.717, 1.165) is 5.56 Å². The van der Waals surface area contributed by atoms with E-state index in [1.54, 1.807) is 12.3 Å². The van der Waals surface area contributed by atoms with Gasteiger partial charge in [0.2, 0.25) is 5.91 Å². The van der Waals surface area contributed by atoms with Gasteiger partial charge in [-0.3, -0.25) is 9.59 Å². The molecule has 0 radical (unpaired) electrons. The summed E-state index contributed by atoms with van der Waals surface area (Å²) < 4.78 is 0. The second-order valence-corrected chi connectivity index (χ2v) is 5.08. The number of nitrogens with zero attached hydrogens (tertiary/aromatic N) is 1. The molecule has 0 aliphatic heterocycles. The van der Waals surface area contributed by atoms with E-state index in [0.29, 0.717) is 25.1 Å². The number of carbonyl (C=O) groups excluding carboxylic acids is 2. The number of aromatic nitrogens is 1. The Morgan fingerprint density at radius 1 is 1.44 bits per heavy atom. The Balaban J connectivity index is 1.99. The highest BCUT2D eigenvalue weighted by Crippen LogP contribution is 2.28. The number of Topliss-reactive ketones (excluding diaryl/α,β-unsaturated/α-hetero) is 1. The van der Waals surface area contributed by atoms with Gasteiger partial charge < -0.3 is 5.32 Å². The predicted octanol–water partition coefficient (Wildman–Crippen LogP) is 2.33. The number of rotatable bonds is 2. The Hall–Kier alpha value is -1.71. The maximum Gasteiger partial charge on any atom is 0.228 e. The van der Waals surface area contributed by atoms with Crippen molar-refractivity contribution in [3.63, 3.8) is 0 Å². The number of hydrogen-bond donors (Lipinski definition) is 1. The molecule has 4 heteroatoms. The molecule has 2 rings (SSSR count). The average Bonchev–Trinajstić information content (AvgIpc) is 2.32. The lowest BCUT2D eigenvalue weighted by atomic mass is 9.79. The predicted molar refractivity (Wildman–Crippen MR) is 69.1 cm³/mol. The summed E-state index contributed by atoms with van der Waals surface area (Å²) in [5.41, 5.74) is 1.06. The first-order valence-electron chi connectivity index (χ1n) is 6.31. The Morgan fingerprint density at radius 3 is 2.83 bits per heavy atom. The van der Waals surface area contributed by atoms with Crippen LogP contribution < -0.4 is 5.32 Å². The number of anilines is 1. The first-order valence-corrected chi connectivity index (χ1v) is 6.31. The number of ketones is 1. The summed E-state index contributed by atoms with van der Waals surface area (Å²) in [4.78, 5) is 27.6. The van der Waals surface area contributed by atoms with Gasteiger partial charge in [0.15, 0.2) is 0 Å². The van der Waals surface area contributed by atoms with Crippen LogP contribution in [0.3, 0.4) is 0 Å². The van der Waals surface area contributed by atoms with E-state index in [4.69, 9.17) is 0 Å². The van der Waals surface area contributed by atoms with Crippen LogP contribution in [0.25, 0.3) is 0 Å². The number of amides is 1.